The van der Waals surface area contributed by atoms with Gasteiger partial charge in [0.15, 0.2) is 0 Å². The molecule has 1 saturated heterocycles. The minimum absolute atomic E-state index is 0.209. The van der Waals surface area contributed by atoms with Crippen LogP contribution in [0, 0.1) is 0 Å². The summed E-state index contributed by atoms with van der Waals surface area (Å²) < 4.78 is 1.74. The number of carbonyl (C=O) groups is 3. The van der Waals surface area contributed by atoms with Crippen LogP contribution in [0.5, 0.6) is 0 Å². The second-order valence-corrected chi connectivity index (χ2v) is 8.42. The van der Waals surface area contributed by atoms with Gasteiger partial charge in [0.2, 0.25) is 5.91 Å². The lowest BCUT2D eigenvalue weighted by Gasteiger charge is -2.20. The lowest BCUT2D eigenvalue weighted by Crippen LogP contribution is -2.41. The summed E-state index contributed by atoms with van der Waals surface area (Å²) in [7, 11) is 1.80. The van der Waals surface area contributed by atoms with Crippen molar-refractivity contribution in [2.75, 3.05) is 11.9 Å². The second-order valence-electron chi connectivity index (χ2n) is 8.42. The molecule has 0 saturated carbocycles. The van der Waals surface area contributed by atoms with Gasteiger partial charge in [-0.05, 0) is 41.8 Å². The van der Waals surface area contributed by atoms with Crippen LogP contribution in [-0.2, 0) is 11.8 Å². The van der Waals surface area contributed by atoms with E-state index in [2.05, 4.69) is 10.6 Å². The number of fused-ring (bicyclic) bond motifs is 2. The van der Waals surface area contributed by atoms with Crippen molar-refractivity contribution in [1.82, 2.24) is 14.8 Å². The quantitative estimate of drug-likeness (QED) is 0.612. The lowest BCUT2D eigenvalue weighted by atomic mass is 10.1. The Morgan fingerprint density at radius 2 is 1.82 bits per heavy atom. The fourth-order valence-electron chi connectivity index (χ4n) is 4.45. The Morgan fingerprint density at radius 1 is 1.03 bits per heavy atom. The summed E-state index contributed by atoms with van der Waals surface area (Å²) in [6.07, 6.45) is 6.10. The van der Waals surface area contributed by atoms with E-state index in [1.807, 2.05) is 48.6 Å². The summed E-state index contributed by atoms with van der Waals surface area (Å²) in [4.78, 5) is 40.5. The molecule has 2 aliphatic rings. The molecule has 0 aliphatic carbocycles. The van der Waals surface area contributed by atoms with E-state index >= 15 is 0 Å². The van der Waals surface area contributed by atoms with Gasteiger partial charge < -0.3 is 20.1 Å². The van der Waals surface area contributed by atoms with Crippen LogP contribution < -0.4 is 10.6 Å². The third-order valence-electron chi connectivity index (χ3n) is 6.18. The molecule has 5 rings (SSSR count). The van der Waals surface area contributed by atoms with Crippen LogP contribution in [0.1, 0.15) is 38.4 Å². The van der Waals surface area contributed by atoms with Crippen molar-refractivity contribution >= 4 is 35.6 Å². The Labute approximate surface area is 191 Å². The van der Waals surface area contributed by atoms with Crippen molar-refractivity contribution in [2.24, 2.45) is 7.05 Å². The van der Waals surface area contributed by atoms with E-state index in [9.17, 15) is 14.4 Å². The highest BCUT2D eigenvalue weighted by molar-refractivity contribution is 6.10. The van der Waals surface area contributed by atoms with E-state index < -0.39 is 6.04 Å². The van der Waals surface area contributed by atoms with Crippen molar-refractivity contribution < 1.29 is 14.4 Å². The number of hydrogen-bond donors (Lipinski definition) is 2. The monoisotopic (exact) mass is 440 g/mol. The molecule has 0 radical (unpaired) electrons. The largest absolute Gasteiger partial charge is 0.347 e. The maximum absolute atomic E-state index is 13.4. The molecule has 0 bridgehead atoms. The number of carbonyl (C=O) groups excluding carboxylic acids is 3. The molecule has 7 heteroatoms. The van der Waals surface area contributed by atoms with Crippen molar-refractivity contribution in [1.29, 1.82) is 0 Å². The standard InChI is InChI=1S/C26H24N4O3/c1-29-13-5-8-22(29)24(31)27-19-15-23-25(32)28-21-12-11-18(10-9-17-6-3-2-4-7-17)14-20(21)26(33)30(23)16-19/h2-14,19,23H,15-16H2,1H3,(H,27,31)(H,28,32)/b10-9+/t19-,23-/m0/s1. The number of amides is 3. The molecule has 0 unspecified atom stereocenters. The molecule has 3 heterocycles. The summed E-state index contributed by atoms with van der Waals surface area (Å²) in [5.74, 6) is -0.657. The fourth-order valence-corrected chi connectivity index (χ4v) is 4.45. The third kappa shape index (κ3) is 4.05. The Morgan fingerprint density at radius 3 is 2.58 bits per heavy atom. The Balaban J connectivity index is 1.36. The highest BCUT2D eigenvalue weighted by Crippen LogP contribution is 2.30. The van der Waals surface area contributed by atoms with Crippen LogP contribution >= 0.6 is 0 Å². The first-order valence-corrected chi connectivity index (χ1v) is 10.9. The Kier molecular flexibility index (Phi) is 5.30. The maximum Gasteiger partial charge on any atom is 0.268 e. The van der Waals surface area contributed by atoms with Crippen molar-refractivity contribution in [3.63, 3.8) is 0 Å². The van der Waals surface area contributed by atoms with E-state index in [0.29, 0.717) is 23.4 Å². The second kappa shape index (κ2) is 8.43. The zero-order valence-electron chi connectivity index (χ0n) is 18.2. The average molecular weight is 441 g/mol. The number of nitrogens with one attached hydrogen (secondary N) is 2. The molecule has 3 amide bonds. The van der Waals surface area contributed by atoms with Gasteiger partial charge in [0.25, 0.3) is 11.8 Å². The van der Waals surface area contributed by atoms with Crippen LogP contribution in [-0.4, -0.2) is 45.8 Å². The van der Waals surface area contributed by atoms with Gasteiger partial charge in [0.1, 0.15) is 11.7 Å². The molecule has 3 aromatic rings. The number of benzene rings is 2. The predicted molar refractivity (Wildman–Crippen MR) is 127 cm³/mol. The first-order valence-electron chi connectivity index (χ1n) is 10.9. The van der Waals surface area contributed by atoms with Gasteiger partial charge in [-0.1, -0.05) is 48.6 Å². The number of anilines is 1. The van der Waals surface area contributed by atoms with Crippen LogP contribution in [0.15, 0.2) is 66.9 Å². The van der Waals surface area contributed by atoms with Crippen LogP contribution in [0.3, 0.4) is 0 Å². The van der Waals surface area contributed by atoms with Gasteiger partial charge in [-0.25, -0.2) is 0 Å². The molecule has 2 atom stereocenters. The number of aryl methyl sites for hydroxylation is 1. The van der Waals surface area contributed by atoms with E-state index in [1.165, 1.54) is 0 Å². The van der Waals surface area contributed by atoms with E-state index in [4.69, 9.17) is 0 Å². The molecule has 1 aromatic heterocycles. The van der Waals surface area contributed by atoms with Gasteiger partial charge in [-0.2, -0.15) is 0 Å². The smallest absolute Gasteiger partial charge is 0.268 e. The third-order valence-corrected chi connectivity index (χ3v) is 6.18. The SMILES string of the molecule is Cn1cccc1C(=O)N[C@H]1C[C@H]2C(=O)Nc3ccc(/C=C/c4ccccc4)cc3C(=O)N2C1. The highest BCUT2D eigenvalue weighted by atomic mass is 16.2. The summed E-state index contributed by atoms with van der Waals surface area (Å²) in [6, 6.07) is 18.0. The predicted octanol–water partition coefficient (Wildman–Crippen LogP) is 3.16. The number of nitrogens with zero attached hydrogens (tertiary/aromatic N) is 2. The average Bonchev–Trinajstić information content (AvgIpc) is 3.42. The topological polar surface area (TPSA) is 83.4 Å². The minimum Gasteiger partial charge on any atom is -0.347 e. The van der Waals surface area contributed by atoms with Gasteiger partial charge in [-0.15, -0.1) is 0 Å². The molecular weight excluding hydrogens is 416 g/mol. The molecule has 166 valence electrons. The van der Waals surface area contributed by atoms with Gasteiger partial charge in [0.05, 0.1) is 11.3 Å². The molecule has 2 aliphatic heterocycles. The van der Waals surface area contributed by atoms with Crippen molar-refractivity contribution in [3.05, 3.63) is 89.2 Å². The zero-order valence-corrected chi connectivity index (χ0v) is 18.2. The molecule has 1 fully saturated rings. The molecule has 7 nitrogen and oxygen atoms in total. The molecular formula is C26H24N4O3. The lowest BCUT2D eigenvalue weighted by molar-refractivity contribution is -0.119. The summed E-state index contributed by atoms with van der Waals surface area (Å²) >= 11 is 0. The highest BCUT2D eigenvalue weighted by Gasteiger charge is 2.43. The maximum atomic E-state index is 13.4. The number of hydrogen-bond acceptors (Lipinski definition) is 3. The van der Waals surface area contributed by atoms with Crippen molar-refractivity contribution in [3.8, 4) is 0 Å². The fraction of sp³-hybridized carbons (Fsp3) is 0.192. The summed E-state index contributed by atoms with van der Waals surface area (Å²) in [5.41, 5.74) is 3.43. The zero-order chi connectivity index (χ0) is 22.9. The molecule has 0 spiro atoms. The van der Waals surface area contributed by atoms with Crippen LogP contribution in [0.2, 0.25) is 0 Å². The van der Waals surface area contributed by atoms with Crippen LogP contribution in [0.4, 0.5) is 5.69 Å². The first-order chi connectivity index (χ1) is 16.0. The Bertz CT molecular complexity index is 1260. The molecule has 2 aromatic carbocycles. The van der Waals surface area contributed by atoms with Gasteiger partial charge in [-0.3, -0.25) is 14.4 Å². The molecule has 33 heavy (non-hydrogen) atoms. The normalized spacial score (nSPS) is 19.7. The number of aromatic nitrogens is 1. The minimum atomic E-state index is -0.619. The first kappa shape index (κ1) is 20.8. The molecule has 2 N–H and O–H groups in total. The van der Waals surface area contributed by atoms with Gasteiger partial charge in [0, 0.05) is 25.8 Å². The summed E-state index contributed by atoms with van der Waals surface area (Å²) in [5, 5.41) is 5.86. The number of rotatable bonds is 4. The van der Waals surface area contributed by atoms with Crippen LogP contribution in [0.25, 0.3) is 12.2 Å². The van der Waals surface area contributed by atoms with Crippen molar-refractivity contribution in [2.45, 2.75) is 18.5 Å². The Hall–Kier alpha value is -4.13. The summed E-state index contributed by atoms with van der Waals surface area (Å²) in [6.45, 7) is 0.288. The van der Waals surface area contributed by atoms with Gasteiger partial charge >= 0.3 is 0 Å². The van der Waals surface area contributed by atoms with E-state index in [0.717, 1.165) is 11.1 Å². The van der Waals surface area contributed by atoms with E-state index in [-0.39, 0.29) is 30.3 Å². The van der Waals surface area contributed by atoms with E-state index in [1.54, 1.807) is 47.0 Å².